The van der Waals surface area contributed by atoms with Crippen molar-refractivity contribution < 1.29 is 22.0 Å². The number of carbonyl (C=O) groups is 1. The highest BCUT2D eigenvalue weighted by Gasteiger charge is 2.20. The van der Waals surface area contributed by atoms with E-state index in [-0.39, 0.29) is 29.1 Å². The maximum absolute atomic E-state index is 14.2. The number of nitrogens with zero attached hydrogens (tertiary/aromatic N) is 4. The fourth-order valence-electron chi connectivity index (χ4n) is 3.59. The molecule has 0 unspecified atom stereocenters. The lowest BCUT2D eigenvalue weighted by molar-refractivity contribution is -0.116. The van der Waals surface area contributed by atoms with Crippen LogP contribution in [0.5, 0.6) is 0 Å². The van der Waals surface area contributed by atoms with Crippen molar-refractivity contribution >= 4 is 38.3 Å². The third kappa shape index (κ3) is 4.98. The van der Waals surface area contributed by atoms with Gasteiger partial charge < -0.3 is 14.8 Å². The molecule has 0 fully saturated rings. The van der Waals surface area contributed by atoms with Crippen molar-refractivity contribution in [1.29, 1.82) is 0 Å². The Hall–Kier alpha value is -3.05. The molecule has 0 aliphatic rings. The summed E-state index contributed by atoms with van der Waals surface area (Å²) >= 11 is 0. The van der Waals surface area contributed by atoms with Crippen molar-refractivity contribution in [2.75, 3.05) is 38.4 Å². The largest absolute Gasteiger partial charge is 0.373 e. The van der Waals surface area contributed by atoms with Gasteiger partial charge >= 0.3 is 0 Å². The number of halogens is 2. The molecule has 3 rings (SSSR count). The number of rotatable bonds is 8. The lowest BCUT2D eigenvalue weighted by Gasteiger charge is -2.16. The second-order valence-corrected chi connectivity index (χ2v) is 10.1. The summed E-state index contributed by atoms with van der Waals surface area (Å²) in [6.07, 6.45) is 0.301. The lowest BCUT2D eigenvalue weighted by atomic mass is 10.2. The number of amides is 1. The number of sulfonamides is 1. The Morgan fingerprint density at radius 3 is 2.27 bits per heavy atom. The first kappa shape index (κ1) is 24.6. The van der Waals surface area contributed by atoms with Gasteiger partial charge in [0, 0.05) is 53.3 Å². The highest BCUT2D eigenvalue weighted by atomic mass is 32.2. The van der Waals surface area contributed by atoms with Crippen molar-refractivity contribution in [3.05, 3.63) is 47.8 Å². The Balaban J connectivity index is 1.79. The predicted molar refractivity (Wildman–Crippen MR) is 124 cm³/mol. The van der Waals surface area contributed by atoms with Gasteiger partial charge in [0.2, 0.25) is 15.9 Å². The molecule has 0 saturated carbocycles. The molecule has 0 bridgehead atoms. The van der Waals surface area contributed by atoms with Crippen LogP contribution in [0.3, 0.4) is 0 Å². The average molecular weight is 480 g/mol. The lowest BCUT2D eigenvalue weighted by Crippen LogP contribution is -2.22. The van der Waals surface area contributed by atoms with Crippen LogP contribution < -0.4 is 10.2 Å². The summed E-state index contributed by atoms with van der Waals surface area (Å²) in [5, 5.41) is 2.51. The fraction of sp³-hybridized carbons (Fsp3) is 0.364. The Morgan fingerprint density at radius 1 is 1.09 bits per heavy atom. The van der Waals surface area contributed by atoms with Gasteiger partial charge in [0.25, 0.3) is 0 Å². The molecule has 8 nitrogen and oxygen atoms in total. The molecular weight excluding hydrogens is 452 g/mol. The van der Waals surface area contributed by atoms with E-state index in [1.165, 1.54) is 45.2 Å². The number of hydrogen-bond acceptors (Lipinski definition) is 5. The maximum atomic E-state index is 14.2. The Labute approximate surface area is 191 Å². The Bertz CT molecular complexity index is 1280. The van der Waals surface area contributed by atoms with Gasteiger partial charge in [0.15, 0.2) is 11.6 Å². The number of hydrogen-bond donors (Lipinski definition) is 1. The SMILES string of the molecule is CCn1c(CCC(=O)Nc2cc(F)c(N(C)C)c(F)c2)nc2cc(S(=O)(=O)N(C)C)ccc21. The van der Waals surface area contributed by atoms with Gasteiger partial charge in [0.05, 0.1) is 15.9 Å². The van der Waals surface area contributed by atoms with E-state index in [1.54, 1.807) is 6.07 Å². The first-order valence-corrected chi connectivity index (χ1v) is 11.8. The summed E-state index contributed by atoms with van der Waals surface area (Å²) in [5.41, 5.74) is 1.12. The van der Waals surface area contributed by atoms with Crippen LogP contribution in [-0.2, 0) is 27.8 Å². The molecule has 178 valence electrons. The van der Waals surface area contributed by atoms with Crippen LogP contribution in [0.1, 0.15) is 19.2 Å². The smallest absolute Gasteiger partial charge is 0.242 e. The molecule has 0 spiro atoms. The molecule has 2 aromatic carbocycles. The molecule has 0 saturated heterocycles. The van der Waals surface area contributed by atoms with Gasteiger partial charge in [0.1, 0.15) is 11.5 Å². The van der Waals surface area contributed by atoms with Crippen LogP contribution in [0.4, 0.5) is 20.2 Å². The van der Waals surface area contributed by atoms with Gasteiger partial charge in [-0.25, -0.2) is 26.5 Å². The molecule has 11 heteroatoms. The fourth-order valence-corrected chi connectivity index (χ4v) is 4.51. The first-order chi connectivity index (χ1) is 15.4. The summed E-state index contributed by atoms with van der Waals surface area (Å²) in [7, 11) is 2.37. The van der Waals surface area contributed by atoms with Crippen LogP contribution in [0.15, 0.2) is 35.2 Å². The quantitative estimate of drug-likeness (QED) is 0.536. The van der Waals surface area contributed by atoms with Crippen LogP contribution in [0.2, 0.25) is 0 Å². The van der Waals surface area contributed by atoms with E-state index in [0.29, 0.717) is 17.9 Å². The van der Waals surface area contributed by atoms with E-state index in [1.807, 2.05) is 11.5 Å². The van der Waals surface area contributed by atoms with Gasteiger partial charge in [-0.1, -0.05) is 0 Å². The minimum absolute atomic E-state index is 0.0307. The molecule has 0 radical (unpaired) electrons. The van der Waals surface area contributed by atoms with E-state index in [0.717, 1.165) is 22.0 Å². The van der Waals surface area contributed by atoms with E-state index < -0.39 is 27.6 Å². The number of nitrogens with one attached hydrogen (secondary N) is 1. The van der Waals surface area contributed by atoms with Crippen LogP contribution in [-0.4, -0.2) is 56.4 Å². The zero-order valence-corrected chi connectivity index (χ0v) is 20.0. The van der Waals surface area contributed by atoms with E-state index in [4.69, 9.17) is 0 Å². The van der Waals surface area contributed by atoms with Crippen molar-refractivity contribution in [2.45, 2.75) is 31.2 Å². The van der Waals surface area contributed by atoms with Crippen molar-refractivity contribution in [3.63, 3.8) is 0 Å². The standard InChI is InChI=1S/C22H27F2N5O3S/c1-6-29-19-8-7-15(33(31,32)28(4)5)13-18(19)26-20(29)9-10-21(30)25-14-11-16(23)22(27(2)3)17(24)12-14/h7-8,11-13H,6,9-10H2,1-5H3,(H,25,30). The summed E-state index contributed by atoms with van der Waals surface area (Å²) < 4.78 is 56.2. The highest BCUT2D eigenvalue weighted by Crippen LogP contribution is 2.26. The molecule has 1 amide bonds. The first-order valence-electron chi connectivity index (χ1n) is 10.3. The maximum Gasteiger partial charge on any atom is 0.242 e. The zero-order valence-electron chi connectivity index (χ0n) is 19.2. The van der Waals surface area contributed by atoms with Gasteiger partial charge in [-0.15, -0.1) is 0 Å². The highest BCUT2D eigenvalue weighted by molar-refractivity contribution is 7.89. The predicted octanol–water partition coefficient (Wildman–Crippen LogP) is 3.22. The number of benzene rings is 2. The number of fused-ring (bicyclic) bond motifs is 1. The minimum Gasteiger partial charge on any atom is -0.373 e. The number of aryl methyl sites for hydroxylation is 2. The van der Waals surface area contributed by atoms with E-state index >= 15 is 0 Å². The minimum atomic E-state index is -3.60. The summed E-state index contributed by atoms with van der Waals surface area (Å²) in [6.45, 7) is 2.50. The van der Waals surface area contributed by atoms with Crippen molar-refractivity contribution in [2.24, 2.45) is 0 Å². The molecule has 3 aromatic rings. The van der Waals surface area contributed by atoms with Gasteiger partial charge in [-0.05, 0) is 37.3 Å². The van der Waals surface area contributed by atoms with Crippen LogP contribution in [0, 0.1) is 11.6 Å². The topological polar surface area (TPSA) is 87.5 Å². The molecular formula is C22H27F2N5O3S. The molecule has 0 atom stereocenters. The van der Waals surface area contributed by atoms with Crippen LogP contribution in [0.25, 0.3) is 11.0 Å². The third-order valence-electron chi connectivity index (χ3n) is 5.22. The zero-order chi connectivity index (χ0) is 24.5. The summed E-state index contributed by atoms with van der Waals surface area (Å²) in [4.78, 5) is 18.4. The Morgan fingerprint density at radius 2 is 1.73 bits per heavy atom. The molecule has 1 aromatic heterocycles. The Kier molecular flexibility index (Phi) is 7.03. The number of carbonyl (C=O) groups excluding carboxylic acids is 1. The van der Waals surface area contributed by atoms with Crippen molar-refractivity contribution in [1.82, 2.24) is 13.9 Å². The second kappa shape index (κ2) is 9.44. The van der Waals surface area contributed by atoms with E-state index in [9.17, 15) is 22.0 Å². The third-order valence-corrected chi connectivity index (χ3v) is 7.03. The summed E-state index contributed by atoms with van der Waals surface area (Å²) in [5.74, 6) is -1.35. The summed E-state index contributed by atoms with van der Waals surface area (Å²) in [6, 6.07) is 6.89. The van der Waals surface area contributed by atoms with Crippen molar-refractivity contribution in [3.8, 4) is 0 Å². The molecule has 0 aliphatic heterocycles. The monoisotopic (exact) mass is 479 g/mol. The van der Waals surface area contributed by atoms with Gasteiger partial charge in [-0.2, -0.15) is 0 Å². The molecule has 1 N–H and O–H groups in total. The molecule has 33 heavy (non-hydrogen) atoms. The van der Waals surface area contributed by atoms with Gasteiger partial charge in [-0.3, -0.25) is 4.79 Å². The van der Waals surface area contributed by atoms with Crippen LogP contribution >= 0.6 is 0 Å². The number of imidazole rings is 1. The van der Waals surface area contributed by atoms with E-state index in [2.05, 4.69) is 10.3 Å². The number of anilines is 2. The molecule has 0 aliphatic carbocycles. The average Bonchev–Trinajstić information content (AvgIpc) is 3.07. The second-order valence-electron chi connectivity index (χ2n) is 7.94. The normalized spacial score (nSPS) is 11.9. The molecule has 1 heterocycles. The number of aromatic nitrogens is 2.